The molecule has 1 aromatic heterocycles. The minimum atomic E-state index is -0.542. The average molecular weight is 210 g/mol. The molecule has 84 valence electrons. The summed E-state index contributed by atoms with van der Waals surface area (Å²) in [4.78, 5) is 4.08. The number of aliphatic hydroxyl groups is 1. The first-order chi connectivity index (χ1) is 7.33. The number of hydrogen-bond donors (Lipinski definition) is 1. The maximum Gasteiger partial charge on any atom is 0.119 e. The molecular weight excluding hydrogens is 192 g/mol. The highest BCUT2D eigenvalue weighted by molar-refractivity contribution is 5.06. The monoisotopic (exact) mass is 210 g/mol. The summed E-state index contributed by atoms with van der Waals surface area (Å²) in [6.07, 6.45) is 6.38. The van der Waals surface area contributed by atoms with Crippen LogP contribution in [0.25, 0.3) is 0 Å². The van der Waals surface area contributed by atoms with Crippen molar-refractivity contribution in [2.45, 2.75) is 38.3 Å². The van der Waals surface area contributed by atoms with Crippen LogP contribution in [0.4, 0.5) is 0 Å². The van der Waals surface area contributed by atoms with E-state index in [0.717, 1.165) is 12.1 Å². The van der Waals surface area contributed by atoms with Crippen LogP contribution in [0.1, 0.15) is 44.0 Å². The lowest BCUT2D eigenvalue weighted by molar-refractivity contribution is 0.0324. The van der Waals surface area contributed by atoms with Crippen LogP contribution < -0.4 is 0 Å². The van der Waals surface area contributed by atoms with Crippen molar-refractivity contribution in [2.24, 2.45) is 0 Å². The molecule has 1 N–H and O–H groups in total. The number of hydrogen-bond acceptors (Lipinski definition) is 3. The molecular formula is C11H18N2O2. The molecule has 0 radical (unpaired) electrons. The van der Waals surface area contributed by atoms with Crippen molar-refractivity contribution in [3.63, 3.8) is 0 Å². The van der Waals surface area contributed by atoms with E-state index in [4.69, 9.17) is 4.74 Å². The van der Waals surface area contributed by atoms with Crippen LogP contribution in [-0.4, -0.2) is 27.9 Å². The molecule has 1 aliphatic carbocycles. The van der Waals surface area contributed by atoms with Gasteiger partial charge in [0.2, 0.25) is 0 Å². The summed E-state index contributed by atoms with van der Waals surface area (Å²) < 4.78 is 7.40. The highest BCUT2D eigenvalue weighted by Gasteiger charge is 2.27. The second-order valence-electron chi connectivity index (χ2n) is 4.05. The maximum atomic E-state index is 9.91. The van der Waals surface area contributed by atoms with Gasteiger partial charge < -0.3 is 14.4 Å². The van der Waals surface area contributed by atoms with Crippen molar-refractivity contribution < 1.29 is 9.84 Å². The van der Waals surface area contributed by atoms with Crippen LogP contribution in [0, 0.1) is 0 Å². The van der Waals surface area contributed by atoms with Gasteiger partial charge in [0.25, 0.3) is 0 Å². The normalized spacial score (nSPS) is 18.0. The van der Waals surface area contributed by atoms with E-state index in [0.29, 0.717) is 19.3 Å². The Bertz CT molecular complexity index is 307. The number of imidazole rings is 1. The lowest BCUT2D eigenvalue weighted by Gasteiger charge is -2.13. The van der Waals surface area contributed by atoms with Crippen LogP contribution in [0.3, 0.4) is 0 Å². The van der Waals surface area contributed by atoms with Crippen molar-refractivity contribution >= 4 is 0 Å². The minimum absolute atomic E-state index is 0.367. The molecule has 1 fully saturated rings. The summed E-state index contributed by atoms with van der Waals surface area (Å²) in [6.45, 7) is 3.13. The van der Waals surface area contributed by atoms with Crippen LogP contribution >= 0.6 is 0 Å². The predicted molar refractivity (Wildman–Crippen MR) is 56.6 cm³/mol. The molecule has 0 bridgehead atoms. The van der Waals surface area contributed by atoms with Crippen molar-refractivity contribution in [3.8, 4) is 0 Å². The van der Waals surface area contributed by atoms with E-state index >= 15 is 0 Å². The Balaban J connectivity index is 1.92. The van der Waals surface area contributed by atoms with E-state index in [-0.39, 0.29) is 0 Å². The number of aliphatic hydroxyl groups excluding tert-OH is 1. The molecule has 0 spiro atoms. The summed E-state index contributed by atoms with van der Waals surface area (Å²) in [5.41, 5.74) is 0.883. The maximum absolute atomic E-state index is 9.91. The molecule has 4 heteroatoms. The van der Waals surface area contributed by atoms with Gasteiger partial charge in [0.05, 0.1) is 24.8 Å². The predicted octanol–water partition coefficient (Wildman–Crippen LogP) is 1.68. The number of ether oxygens (including phenoxy) is 1. The molecule has 1 saturated carbocycles. The quantitative estimate of drug-likeness (QED) is 0.727. The fraction of sp³-hybridized carbons (Fsp3) is 0.727. The number of rotatable bonds is 6. The Morgan fingerprint density at radius 1 is 1.67 bits per heavy atom. The number of nitrogens with zero attached hydrogens (tertiary/aromatic N) is 2. The summed E-state index contributed by atoms with van der Waals surface area (Å²) >= 11 is 0. The average Bonchev–Trinajstić information content (AvgIpc) is 2.96. The van der Waals surface area contributed by atoms with E-state index in [1.54, 1.807) is 12.5 Å². The highest BCUT2D eigenvalue weighted by atomic mass is 16.5. The van der Waals surface area contributed by atoms with Gasteiger partial charge in [0, 0.05) is 12.6 Å². The summed E-state index contributed by atoms with van der Waals surface area (Å²) in [6, 6.07) is 0.559. The van der Waals surface area contributed by atoms with Crippen molar-refractivity contribution in [1.29, 1.82) is 0 Å². The Morgan fingerprint density at radius 3 is 3.13 bits per heavy atom. The summed E-state index contributed by atoms with van der Waals surface area (Å²) in [5, 5.41) is 9.91. The van der Waals surface area contributed by atoms with Gasteiger partial charge in [-0.2, -0.15) is 0 Å². The third-order valence-electron chi connectivity index (χ3n) is 2.60. The van der Waals surface area contributed by atoms with E-state index in [1.807, 2.05) is 0 Å². The largest absolute Gasteiger partial charge is 0.384 e. The van der Waals surface area contributed by atoms with Gasteiger partial charge in [0.15, 0.2) is 0 Å². The Morgan fingerprint density at radius 2 is 2.47 bits per heavy atom. The first kappa shape index (κ1) is 10.6. The zero-order chi connectivity index (χ0) is 10.7. The van der Waals surface area contributed by atoms with Gasteiger partial charge in [-0.15, -0.1) is 0 Å². The fourth-order valence-electron chi connectivity index (χ4n) is 1.66. The molecule has 0 saturated heterocycles. The molecule has 1 aliphatic rings. The molecule has 0 aromatic carbocycles. The third-order valence-corrected chi connectivity index (χ3v) is 2.60. The molecule has 15 heavy (non-hydrogen) atoms. The Kier molecular flexibility index (Phi) is 3.38. The van der Waals surface area contributed by atoms with Gasteiger partial charge >= 0.3 is 0 Å². The SMILES string of the molecule is CCCOCC(O)c1cncn1C1CC1. The molecule has 1 aromatic rings. The smallest absolute Gasteiger partial charge is 0.119 e. The second-order valence-corrected chi connectivity index (χ2v) is 4.05. The van der Waals surface area contributed by atoms with Crippen LogP contribution in [-0.2, 0) is 4.74 Å². The van der Waals surface area contributed by atoms with Crippen molar-refractivity contribution in [2.75, 3.05) is 13.2 Å². The fourth-order valence-corrected chi connectivity index (χ4v) is 1.66. The van der Waals surface area contributed by atoms with Crippen LogP contribution in [0.2, 0.25) is 0 Å². The van der Waals surface area contributed by atoms with Crippen molar-refractivity contribution in [3.05, 3.63) is 18.2 Å². The zero-order valence-electron chi connectivity index (χ0n) is 9.09. The van der Waals surface area contributed by atoms with Gasteiger partial charge in [-0.1, -0.05) is 6.92 Å². The molecule has 0 amide bonds. The first-order valence-corrected chi connectivity index (χ1v) is 5.60. The van der Waals surface area contributed by atoms with Gasteiger partial charge in [-0.05, 0) is 19.3 Å². The van der Waals surface area contributed by atoms with E-state index in [9.17, 15) is 5.11 Å². The van der Waals surface area contributed by atoms with Gasteiger partial charge in [-0.25, -0.2) is 4.98 Å². The van der Waals surface area contributed by atoms with E-state index < -0.39 is 6.10 Å². The van der Waals surface area contributed by atoms with Crippen LogP contribution in [0.15, 0.2) is 12.5 Å². The second kappa shape index (κ2) is 4.77. The van der Waals surface area contributed by atoms with E-state index in [2.05, 4.69) is 16.5 Å². The standard InChI is InChI=1S/C11H18N2O2/c1-2-5-15-7-11(14)10-6-12-8-13(10)9-3-4-9/h6,8-9,11,14H,2-5,7H2,1H3. The highest BCUT2D eigenvalue weighted by Crippen LogP contribution is 2.36. The first-order valence-electron chi connectivity index (χ1n) is 5.60. The Hall–Kier alpha value is -0.870. The lowest BCUT2D eigenvalue weighted by atomic mass is 10.3. The van der Waals surface area contributed by atoms with E-state index in [1.165, 1.54) is 12.8 Å². The molecule has 2 rings (SSSR count). The third kappa shape index (κ3) is 2.58. The van der Waals surface area contributed by atoms with Crippen molar-refractivity contribution in [1.82, 2.24) is 9.55 Å². The molecule has 4 nitrogen and oxygen atoms in total. The molecule has 1 heterocycles. The van der Waals surface area contributed by atoms with Gasteiger partial charge in [-0.3, -0.25) is 0 Å². The number of aromatic nitrogens is 2. The molecule has 1 unspecified atom stereocenters. The summed E-state index contributed by atoms with van der Waals surface area (Å²) in [5.74, 6) is 0. The minimum Gasteiger partial charge on any atom is -0.384 e. The Labute approximate surface area is 89.9 Å². The topological polar surface area (TPSA) is 47.3 Å². The molecule has 1 atom stereocenters. The lowest BCUT2D eigenvalue weighted by Crippen LogP contribution is -2.12. The zero-order valence-corrected chi connectivity index (χ0v) is 9.09. The van der Waals surface area contributed by atoms with Crippen LogP contribution in [0.5, 0.6) is 0 Å². The summed E-state index contributed by atoms with van der Waals surface area (Å²) in [7, 11) is 0. The molecule has 0 aliphatic heterocycles. The van der Waals surface area contributed by atoms with Gasteiger partial charge in [0.1, 0.15) is 6.10 Å².